The second kappa shape index (κ2) is 5.28. The van der Waals surface area contributed by atoms with Crippen molar-refractivity contribution in [3.63, 3.8) is 0 Å². The Balaban J connectivity index is 1.91. The van der Waals surface area contributed by atoms with Gasteiger partial charge >= 0.3 is 0 Å². The minimum Gasteiger partial charge on any atom is -0.307 e. The molecule has 0 aliphatic heterocycles. The molecule has 3 heteroatoms. The molecule has 0 radical (unpaired) electrons. The van der Waals surface area contributed by atoms with Gasteiger partial charge in [-0.25, -0.2) is 4.98 Å². The van der Waals surface area contributed by atoms with E-state index in [-0.39, 0.29) is 0 Å². The molecule has 1 aromatic rings. The number of aryl methyl sites for hydroxylation is 1. The Kier molecular flexibility index (Phi) is 3.98. The third-order valence-electron chi connectivity index (χ3n) is 3.80. The fourth-order valence-corrected chi connectivity index (χ4v) is 3.61. The van der Waals surface area contributed by atoms with Crippen molar-refractivity contribution in [2.75, 3.05) is 0 Å². The highest BCUT2D eigenvalue weighted by Gasteiger charge is 2.23. The van der Waals surface area contributed by atoms with Crippen molar-refractivity contribution in [3.05, 3.63) is 16.1 Å². The van der Waals surface area contributed by atoms with Gasteiger partial charge in [0.2, 0.25) is 0 Å². The zero-order chi connectivity index (χ0) is 11.5. The second-order valence-electron chi connectivity index (χ2n) is 5.02. The summed E-state index contributed by atoms with van der Waals surface area (Å²) >= 11 is 1.77. The third-order valence-corrected chi connectivity index (χ3v) is 4.91. The third kappa shape index (κ3) is 2.64. The average molecular weight is 238 g/mol. The lowest BCUT2D eigenvalue weighted by Crippen LogP contribution is -2.34. The Bertz CT molecular complexity index is 328. The van der Waals surface area contributed by atoms with Gasteiger partial charge in [-0.3, -0.25) is 0 Å². The Morgan fingerprint density at radius 1 is 1.38 bits per heavy atom. The van der Waals surface area contributed by atoms with Crippen LogP contribution in [0.15, 0.2) is 5.51 Å². The molecule has 0 aromatic carbocycles. The summed E-state index contributed by atoms with van der Waals surface area (Å²) in [5.74, 6) is 0.885. The number of rotatable bonds is 4. The van der Waals surface area contributed by atoms with Gasteiger partial charge in [-0.15, -0.1) is 11.3 Å². The molecule has 2 rings (SSSR count). The Morgan fingerprint density at radius 2 is 2.06 bits per heavy atom. The molecule has 16 heavy (non-hydrogen) atoms. The zero-order valence-electron chi connectivity index (χ0n) is 10.5. The molecular weight excluding hydrogens is 216 g/mol. The predicted molar refractivity (Wildman–Crippen MR) is 69.8 cm³/mol. The maximum absolute atomic E-state index is 4.32. The van der Waals surface area contributed by atoms with E-state index in [1.165, 1.54) is 36.3 Å². The molecule has 1 N–H and O–H groups in total. The highest BCUT2D eigenvalue weighted by Crippen LogP contribution is 2.29. The molecule has 0 amide bonds. The van der Waals surface area contributed by atoms with Crippen LogP contribution in [-0.4, -0.2) is 11.0 Å². The lowest BCUT2D eigenvalue weighted by Gasteiger charge is -2.24. The van der Waals surface area contributed by atoms with E-state index in [1.54, 1.807) is 11.3 Å². The number of thiazole rings is 1. The quantitative estimate of drug-likeness (QED) is 0.865. The van der Waals surface area contributed by atoms with Gasteiger partial charge < -0.3 is 5.32 Å². The van der Waals surface area contributed by atoms with Crippen LogP contribution in [0, 0.1) is 12.8 Å². The van der Waals surface area contributed by atoms with E-state index < -0.39 is 0 Å². The molecule has 0 saturated heterocycles. The van der Waals surface area contributed by atoms with E-state index in [0.717, 1.165) is 5.92 Å². The standard InChI is InChI=1S/C13H22N2S/c1-9(12-6-4-5-7-12)15-11(3)13-10(2)14-8-16-13/h8-9,11-12,15H,4-7H2,1-3H3. The second-order valence-corrected chi connectivity index (χ2v) is 5.91. The maximum Gasteiger partial charge on any atom is 0.0798 e. The predicted octanol–water partition coefficient (Wildman–Crippen LogP) is 3.68. The fraction of sp³-hybridized carbons (Fsp3) is 0.769. The van der Waals surface area contributed by atoms with E-state index in [2.05, 4.69) is 31.1 Å². The molecule has 0 bridgehead atoms. The number of nitrogens with one attached hydrogen (secondary N) is 1. The number of aromatic nitrogens is 1. The van der Waals surface area contributed by atoms with Crippen LogP contribution in [0.4, 0.5) is 0 Å². The molecule has 0 spiro atoms. The van der Waals surface area contributed by atoms with Crippen molar-refractivity contribution in [1.82, 2.24) is 10.3 Å². The van der Waals surface area contributed by atoms with E-state index in [4.69, 9.17) is 0 Å². The summed E-state index contributed by atoms with van der Waals surface area (Å²) in [6.45, 7) is 6.69. The number of hydrogen-bond acceptors (Lipinski definition) is 3. The molecule has 2 unspecified atom stereocenters. The van der Waals surface area contributed by atoms with E-state index in [1.807, 2.05) is 5.51 Å². The lowest BCUT2D eigenvalue weighted by atomic mass is 9.99. The van der Waals surface area contributed by atoms with Crippen LogP contribution in [-0.2, 0) is 0 Å². The minimum absolute atomic E-state index is 0.447. The summed E-state index contributed by atoms with van der Waals surface area (Å²) in [7, 11) is 0. The highest BCUT2D eigenvalue weighted by atomic mass is 32.1. The first-order valence-electron chi connectivity index (χ1n) is 6.34. The van der Waals surface area contributed by atoms with E-state index in [9.17, 15) is 0 Å². The summed E-state index contributed by atoms with van der Waals surface area (Å²) in [6.07, 6.45) is 5.65. The lowest BCUT2D eigenvalue weighted by molar-refractivity contribution is 0.354. The van der Waals surface area contributed by atoms with Gasteiger partial charge in [0.15, 0.2) is 0 Å². The maximum atomic E-state index is 4.32. The molecule has 1 aromatic heterocycles. The molecule has 1 fully saturated rings. The smallest absolute Gasteiger partial charge is 0.0798 e. The molecule has 90 valence electrons. The van der Waals surface area contributed by atoms with Gasteiger partial charge in [-0.05, 0) is 39.5 Å². The summed E-state index contributed by atoms with van der Waals surface area (Å²) < 4.78 is 0. The summed E-state index contributed by atoms with van der Waals surface area (Å²) in [5.41, 5.74) is 3.13. The molecular formula is C13H22N2S. The summed E-state index contributed by atoms with van der Waals surface area (Å²) in [5, 5.41) is 3.74. The van der Waals surface area contributed by atoms with Crippen molar-refractivity contribution in [3.8, 4) is 0 Å². The van der Waals surface area contributed by atoms with Crippen molar-refractivity contribution >= 4 is 11.3 Å². The monoisotopic (exact) mass is 238 g/mol. The van der Waals surface area contributed by atoms with Crippen LogP contribution in [0.25, 0.3) is 0 Å². The topological polar surface area (TPSA) is 24.9 Å². The molecule has 2 atom stereocenters. The zero-order valence-corrected chi connectivity index (χ0v) is 11.3. The van der Waals surface area contributed by atoms with Crippen LogP contribution >= 0.6 is 11.3 Å². The van der Waals surface area contributed by atoms with Crippen LogP contribution in [0.2, 0.25) is 0 Å². The van der Waals surface area contributed by atoms with Gasteiger partial charge in [-0.1, -0.05) is 12.8 Å². The molecule has 1 saturated carbocycles. The van der Waals surface area contributed by atoms with Crippen LogP contribution < -0.4 is 5.32 Å². The number of hydrogen-bond donors (Lipinski definition) is 1. The van der Waals surface area contributed by atoms with Gasteiger partial charge in [0.25, 0.3) is 0 Å². The van der Waals surface area contributed by atoms with Crippen molar-refractivity contribution in [1.29, 1.82) is 0 Å². The Hall–Kier alpha value is -0.410. The molecule has 1 aliphatic rings. The van der Waals surface area contributed by atoms with Gasteiger partial charge in [0.05, 0.1) is 11.2 Å². The minimum atomic E-state index is 0.447. The SMILES string of the molecule is Cc1ncsc1C(C)NC(C)C1CCCC1. The fourth-order valence-electron chi connectivity index (χ4n) is 2.79. The van der Waals surface area contributed by atoms with Crippen LogP contribution in [0.3, 0.4) is 0 Å². The van der Waals surface area contributed by atoms with E-state index >= 15 is 0 Å². The first-order valence-corrected chi connectivity index (χ1v) is 7.22. The van der Waals surface area contributed by atoms with Gasteiger partial charge in [0.1, 0.15) is 0 Å². The van der Waals surface area contributed by atoms with Crippen molar-refractivity contribution in [2.24, 2.45) is 5.92 Å². The van der Waals surface area contributed by atoms with E-state index in [0.29, 0.717) is 12.1 Å². The molecule has 1 aliphatic carbocycles. The normalized spacial score (nSPS) is 21.2. The first-order chi connectivity index (χ1) is 7.68. The average Bonchev–Trinajstić information content (AvgIpc) is 2.86. The summed E-state index contributed by atoms with van der Waals surface area (Å²) in [6, 6.07) is 1.09. The van der Waals surface area contributed by atoms with Gasteiger partial charge in [0, 0.05) is 17.0 Å². The van der Waals surface area contributed by atoms with Crippen LogP contribution in [0.5, 0.6) is 0 Å². The summed E-state index contributed by atoms with van der Waals surface area (Å²) in [4.78, 5) is 5.71. The molecule has 2 nitrogen and oxygen atoms in total. The highest BCUT2D eigenvalue weighted by molar-refractivity contribution is 7.09. The molecule has 1 heterocycles. The largest absolute Gasteiger partial charge is 0.307 e. The number of nitrogens with zero attached hydrogens (tertiary/aromatic N) is 1. The first kappa shape index (κ1) is 12.1. The van der Waals surface area contributed by atoms with Crippen LogP contribution in [0.1, 0.15) is 56.1 Å². The Labute approximate surface area is 102 Å². The van der Waals surface area contributed by atoms with Gasteiger partial charge in [-0.2, -0.15) is 0 Å². The van der Waals surface area contributed by atoms with Crippen molar-refractivity contribution in [2.45, 2.75) is 58.5 Å². The van der Waals surface area contributed by atoms with Crippen molar-refractivity contribution < 1.29 is 0 Å². The Morgan fingerprint density at radius 3 is 2.62 bits per heavy atom.